The number of rotatable bonds is 4. The lowest BCUT2D eigenvalue weighted by Gasteiger charge is -2.07. The molecule has 0 saturated heterocycles. The Morgan fingerprint density at radius 2 is 1.80 bits per heavy atom. The highest BCUT2D eigenvalue weighted by molar-refractivity contribution is 6.41. The molecule has 0 fully saturated rings. The van der Waals surface area contributed by atoms with Crippen molar-refractivity contribution in [2.75, 3.05) is 5.32 Å². The van der Waals surface area contributed by atoms with Crippen LogP contribution in [0.1, 0.15) is 26.5 Å². The highest BCUT2D eigenvalue weighted by Gasteiger charge is 2.14. The average Bonchev–Trinajstić information content (AvgIpc) is 3.03. The van der Waals surface area contributed by atoms with Crippen LogP contribution in [-0.4, -0.2) is 26.2 Å². The van der Waals surface area contributed by atoms with Crippen molar-refractivity contribution in [3.63, 3.8) is 0 Å². The van der Waals surface area contributed by atoms with Crippen molar-refractivity contribution in [1.82, 2.24) is 14.5 Å². The predicted molar refractivity (Wildman–Crippen MR) is 95.3 cm³/mol. The fourth-order valence-corrected chi connectivity index (χ4v) is 2.44. The Kier molecular flexibility index (Phi) is 4.83. The number of hydrogen-bond donors (Lipinski definition) is 1. The van der Waals surface area contributed by atoms with E-state index in [1.165, 1.54) is 12.3 Å². The number of anilines is 1. The average molecular weight is 375 g/mol. The third-order valence-electron chi connectivity index (χ3n) is 3.49. The van der Waals surface area contributed by atoms with Gasteiger partial charge >= 0.3 is 0 Å². The summed E-state index contributed by atoms with van der Waals surface area (Å²) in [5, 5.41) is 3.04. The molecule has 0 aliphatic heterocycles. The fraction of sp³-hybridized carbons (Fsp3) is 0.0588. The zero-order chi connectivity index (χ0) is 18.0. The van der Waals surface area contributed by atoms with Crippen LogP contribution in [0.2, 0.25) is 10.2 Å². The van der Waals surface area contributed by atoms with Gasteiger partial charge in [-0.15, -0.1) is 0 Å². The maximum Gasteiger partial charge on any atom is 0.257 e. The minimum atomic E-state index is -0.380. The van der Waals surface area contributed by atoms with Gasteiger partial charge < -0.3 is 9.88 Å². The van der Waals surface area contributed by atoms with E-state index < -0.39 is 0 Å². The van der Waals surface area contributed by atoms with Crippen molar-refractivity contribution >= 4 is 40.6 Å². The maximum atomic E-state index is 12.3. The number of carbonyl (C=O) groups excluding carboxylic acids is 2. The van der Waals surface area contributed by atoms with Crippen LogP contribution >= 0.6 is 23.2 Å². The number of aryl methyl sites for hydroxylation is 1. The molecular weight excluding hydrogens is 363 g/mol. The summed E-state index contributed by atoms with van der Waals surface area (Å²) in [6.07, 6.45) is 4.60. The number of imidazole rings is 1. The highest BCUT2D eigenvalue weighted by atomic mass is 35.5. The highest BCUT2D eigenvalue weighted by Crippen LogP contribution is 2.20. The minimum Gasteiger partial charge on any atom is -0.331 e. The van der Waals surface area contributed by atoms with E-state index in [-0.39, 0.29) is 27.4 Å². The van der Waals surface area contributed by atoms with Gasteiger partial charge in [0.05, 0.1) is 10.6 Å². The lowest BCUT2D eigenvalue weighted by molar-refractivity contribution is 0.102. The first-order valence-corrected chi connectivity index (χ1v) is 7.96. The van der Waals surface area contributed by atoms with Crippen molar-refractivity contribution in [2.24, 2.45) is 7.05 Å². The van der Waals surface area contributed by atoms with Gasteiger partial charge in [0.2, 0.25) is 5.78 Å². The molecule has 0 bridgehead atoms. The summed E-state index contributed by atoms with van der Waals surface area (Å²) in [5.74, 6) is -0.230. The Morgan fingerprint density at radius 3 is 2.40 bits per heavy atom. The SMILES string of the molecule is Cn1ccnc1C(=O)c1ccc(NC(=O)c2cnc(Cl)c(Cl)c2)cc1. The smallest absolute Gasteiger partial charge is 0.257 e. The first kappa shape index (κ1) is 17.1. The topological polar surface area (TPSA) is 76.9 Å². The quantitative estimate of drug-likeness (QED) is 0.558. The summed E-state index contributed by atoms with van der Waals surface area (Å²) in [6, 6.07) is 7.96. The van der Waals surface area contributed by atoms with E-state index in [1.54, 1.807) is 48.3 Å². The predicted octanol–water partition coefficient (Wildman–Crippen LogP) is 3.61. The van der Waals surface area contributed by atoms with Gasteiger partial charge in [-0.05, 0) is 30.3 Å². The molecule has 3 aromatic rings. The molecule has 0 atom stereocenters. The second-order valence-corrected chi connectivity index (χ2v) is 5.98. The summed E-state index contributed by atoms with van der Waals surface area (Å²) in [4.78, 5) is 32.4. The van der Waals surface area contributed by atoms with Crippen molar-refractivity contribution in [3.8, 4) is 0 Å². The Balaban J connectivity index is 1.74. The Hall–Kier alpha value is -2.70. The molecule has 0 radical (unpaired) electrons. The van der Waals surface area contributed by atoms with Crippen molar-refractivity contribution in [3.05, 3.63) is 76.0 Å². The van der Waals surface area contributed by atoms with Crippen LogP contribution in [0.4, 0.5) is 5.69 Å². The van der Waals surface area contributed by atoms with Crippen molar-refractivity contribution in [2.45, 2.75) is 0 Å². The number of amides is 1. The van der Waals surface area contributed by atoms with E-state index in [4.69, 9.17) is 23.2 Å². The second-order valence-electron chi connectivity index (χ2n) is 5.22. The van der Waals surface area contributed by atoms with E-state index in [0.717, 1.165) is 0 Å². The number of nitrogens with zero attached hydrogens (tertiary/aromatic N) is 3. The molecule has 25 heavy (non-hydrogen) atoms. The maximum absolute atomic E-state index is 12.3. The van der Waals surface area contributed by atoms with Crippen LogP contribution < -0.4 is 5.32 Å². The molecule has 0 saturated carbocycles. The molecule has 8 heteroatoms. The van der Waals surface area contributed by atoms with E-state index in [1.807, 2.05) is 0 Å². The number of carbonyl (C=O) groups is 2. The van der Waals surface area contributed by atoms with Crippen LogP contribution in [0.5, 0.6) is 0 Å². The molecule has 2 aromatic heterocycles. The zero-order valence-corrected chi connectivity index (χ0v) is 14.5. The van der Waals surface area contributed by atoms with Gasteiger partial charge in [0.1, 0.15) is 5.15 Å². The largest absolute Gasteiger partial charge is 0.331 e. The summed E-state index contributed by atoms with van der Waals surface area (Å²) in [7, 11) is 1.75. The number of nitrogens with one attached hydrogen (secondary N) is 1. The van der Waals surface area contributed by atoms with Crippen LogP contribution in [0.3, 0.4) is 0 Å². The normalized spacial score (nSPS) is 10.5. The molecule has 3 rings (SSSR count). The van der Waals surface area contributed by atoms with Gasteiger partial charge in [-0.2, -0.15) is 0 Å². The summed E-state index contributed by atoms with van der Waals surface area (Å²) in [5.41, 5.74) is 1.29. The molecule has 126 valence electrons. The van der Waals surface area contributed by atoms with Gasteiger partial charge in [0, 0.05) is 36.9 Å². The number of pyridine rings is 1. The van der Waals surface area contributed by atoms with E-state index >= 15 is 0 Å². The molecule has 0 spiro atoms. The molecule has 0 aliphatic carbocycles. The van der Waals surface area contributed by atoms with Crippen LogP contribution in [0.25, 0.3) is 0 Å². The summed E-state index contributed by atoms with van der Waals surface area (Å²) in [6.45, 7) is 0. The lowest BCUT2D eigenvalue weighted by Crippen LogP contribution is -2.13. The van der Waals surface area contributed by atoms with Gasteiger partial charge in [-0.1, -0.05) is 23.2 Å². The number of halogens is 2. The van der Waals surface area contributed by atoms with Gasteiger partial charge in [0.25, 0.3) is 5.91 Å². The molecule has 1 amide bonds. The molecule has 2 heterocycles. The fourth-order valence-electron chi connectivity index (χ4n) is 2.17. The third kappa shape index (κ3) is 3.70. The van der Waals surface area contributed by atoms with E-state index in [2.05, 4.69) is 15.3 Å². The zero-order valence-electron chi connectivity index (χ0n) is 13.0. The van der Waals surface area contributed by atoms with Crippen LogP contribution in [0.15, 0.2) is 48.9 Å². The number of ketones is 1. The van der Waals surface area contributed by atoms with E-state index in [0.29, 0.717) is 17.1 Å². The van der Waals surface area contributed by atoms with E-state index in [9.17, 15) is 9.59 Å². The Labute approximate surface area is 153 Å². The molecular formula is C17H12Cl2N4O2. The Morgan fingerprint density at radius 1 is 1.08 bits per heavy atom. The number of aromatic nitrogens is 3. The monoisotopic (exact) mass is 374 g/mol. The van der Waals surface area contributed by atoms with Crippen LogP contribution in [0, 0.1) is 0 Å². The molecule has 0 unspecified atom stereocenters. The summed E-state index contributed by atoms with van der Waals surface area (Å²) >= 11 is 11.6. The summed E-state index contributed by atoms with van der Waals surface area (Å²) < 4.78 is 1.65. The third-order valence-corrected chi connectivity index (χ3v) is 4.17. The standard InChI is InChI=1S/C17H12Cl2N4O2/c1-23-7-6-20-16(23)14(24)10-2-4-12(5-3-10)22-17(25)11-8-13(18)15(19)21-9-11/h2-9H,1H3,(H,22,25). The number of benzene rings is 1. The number of hydrogen-bond acceptors (Lipinski definition) is 4. The molecule has 1 N–H and O–H groups in total. The van der Waals surface area contributed by atoms with Crippen molar-refractivity contribution in [1.29, 1.82) is 0 Å². The molecule has 0 aliphatic rings. The van der Waals surface area contributed by atoms with Crippen LogP contribution in [-0.2, 0) is 7.05 Å². The van der Waals surface area contributed by atoms with Gasteiger partial charge in [0.15, 0.2) is 5.82 Å². The molecule has 6 nitrogen and oxygen atoms in total. The van der Waals surface area contributed by atoms with Gasteiger partial charge in [-0.3, -0.25) is 9.59 Å². The van der Waals surface area contributed by atoms with Gasteiger partial charge in [-0.25, -0.2) is 9.97 Å². The lowest BCUT2D eigenvalue weighted by atomic mass is 10.1. The Bertz CT molecular complexity index is 952. The first-order valence-electron chi connectivity index (χ1n) is 7.20. The molecule has 1 aromatic carbocycles. The first-order chi connectivity index (χ1) is 12.0. The minimum absolute atomic E-state index is 0.135. The van der Waals surface area contributed by atoms with Crippen molar-refractivity contribution < 1.29 is 9.59 Å². The second kappa shape index (κ2) is 7.04.